The van der Waals surface area contributed by atoms with Gasteiger partial charge in [-0.1, -0.05) is 5.10 Å². The molecule has 0 aliphatic rings. The first kappa shape index (κ1) is 17.9. The van der Waals surface area contributed by atoms with Gasteiger partial charge in [-0.3, -0.25) is 15.1 Å². The number of anilines is 1. The Labute approximate surface area is 163 Å². The van der Waals surface area contributed by atoms with E-state index in [4.69, 9.17) is 9.47 Å². The van der Waals surface area contributed by atoms with Gasteiger partial charge in [-0.2, -0.15) is 0 Å². The molecule has 9 nitrogen and oxygen atoms in total. The van der Waals surface area contributed by atoms with E-state index in [2.05, 4.69) is 30.5 Å². The maximum atomic E-state index is 12.9. The fraction of sp³-hybridized carbons (Fsp3) is 0.167. The molecule has 0 saturated heterocycles. The van der Waals surface area contributed by atoms with E-state index in [0.717, 1.165) is 33.6 Å². The van der Waals surface area contributed by atoms with Crippen LogP contribution in [0.4, 0.5) is 5.13 Å². The number of aromatic nitrogens is 5. The van der Waals surface area contributed by atoms with Crippen LogP contribution in [0, 0.1) is 6.92 Å². The number of aryl methyl sites for hydroxylation is 1. The number of carbonyl (C=O) groups is 1. The molecular weight excluding hydrogens is 380 g/mol. The summed E-state index contributed by atoms with van der Waals surface area (Å²) in [6.07, 6.45) is 3.15. The Morgan fingerprint density at radius 1 is 1.11 bits per heavy atom. The van der Waals surface area contributed by atoms with Crippen molar-refractivity contribution in [2.24, 2.45) is 0 Å². The van der Waals surface area contributed by atoms with Crippen molar-refractivity contribution in [3.8, 4) is 22.1 Å². The van der Waals surface area contributed by atoms with Crippen molar-refractivity contribution in [3.63, 3.8) is 0 Å². The number of pyridine rings is 1. The molecule has 10 heteroatoms. The van der Waals surface area contributed by atoms with Gasteiger partial charge in [0.15, 0.2) is 0 Å². The van der Waals surface area contributed by atoms with Crippen molar-refractivity contribution < 1.29 is 14.3 Å². The molecule has 142 valence electrons. The number of methoxy groups -OCH3 is 2. The number of H-pyrrole nitrogens is 1. The zero-order valence-electron chi connectivity index (χ0n) is 15.3. The van der Waals surface area contributed by atoms with Crippen molar-refractivity contribution in [1.29, 1.82) is 0 Å². The standard InChI is InChI=1S/C18H16N6O3S/c1-9-4-10(11-5-13-14(21-8-20-13)6-15(11)26-2)12(7-19-9)16(25)22-17-23-24-18(27-3)28-17/h4-8H,1-3H3,(H,20,21)(H,22,23,25). The average Bonchev–Trinajstić information content (AvgIpc) is 3.35. The SMILES string of the molecule is COc1nnc(NC(=O)c2cnc(C)cc2-c2cc3[nH]cnc3cc2OC)s1. The summed E-state index contributed by atoms with van der Waals surface area (Å²) in [6.45, 7) is 1.86. The van der Waals surface area contributed by atoms with Crippen LogP contribution in [0.2, 0.25) is 0 Å². The molecule has 0 unspecified atom stereocenters. The van der Waals surface area contributed by atoms with Gasteiger partial charge < -0.3 is 14.5 Å². The van der Waals surface area contributed by atoms with Crippen molar-refractivity contribution in [3.05, 3.63) is 42.0 Å². The maximum Gasteiger partial charge on any atom is 0.295 e. The number of amides is 1. The van der Waals surface area contributed by atoms with Crippen molar-refractivity contribution in [1.82, 2.24) is 25.1 Å². The molecule has 0 fully saturated rings. The van der Waals surface area contributed by atoms with Crippen LogP contribution < -0.4 is 14.8 Å². The normalized spacial score (nSPS) is 10.8. The fourth-order valence-electron chi connectivity index (χ4n) is 2.81. The van der Waals surface area contributed by atoms with E-state index in [1.54, 1.807) is 13.4 Å². The van der Waals surface area contributed by atoms with E-state index in [0.29, 0.717) is 27.2 Å². The number of hydrogen-bond donors (Lipinski definition) is 2. The zero-order chi connectivity index (χ0) is 19.7. The molecule has 0 radical (unpaired) electrons. The second-order valence-electron chi connectivity index (χ2n) is 5.87. The number of nitrogens with one attached hydrogen (secondary N) is 2. The topological polar surface area (TPSA) is 115 Å². The number of carbonyl (C=O) groups excluding carboxylic acids is 1. The predicted octanol–water partition coefficient (Wildman–Crippen LogP) is 3.05. The van der Waals surface area contributed by atoms with Gasteiger partial charge >= 0.3 is 0 Å². The highest BCUT2D eigenvalue weighted by atomic mass is 32.1. The lowest BCUT2D eigenvalue weighted by Crippen LogP contribution is -2.14. The average molecular weight is 396 g/mol. The molecule has 0 aliphatic heterocycles. The molecule has 1 amide bonds. The highest BCUT2D eigenvalue weighted by Gasteiger charge is 2.19. The first-order chi connectivity index (χ1) is 13.6. The number of ether oxygens (including phenoxy) is 2. The van der Waals surface area contributed by atoms with E-state index in [1.165, 1.54) is 13.3 Å². The Morgan fingerprint density at radius 2 is 1.96 bits per heavy atom. The monoisotopic (exact) mass is 396 g/mol. The molecule has 4 rings (SSSR count). The Kier molecular flexibility index (Phi) is 4.62. The van der Waals surface area contributed by atoms with Crippen molar-refractivity contribution in [2.75, 3.05) is 19.5 Å². The number of nitrogens with zero attached hydrogens (tertiary/aromatic N) is 4. The van der Waals surface area contributed by atoms with Crippen LogP contribution in [0.1, 0.15) is 16.1 Å². The van der Waals surface area contributed by atoms with Gasteiger partial charge in [0.05, 0.1) is 37.1 Å². The van der Waals surface area contributed by atoms with E-state index in [-0.39, 0.29) is 5.91 Å². The number of imidazole rings is 1. The minimum absolute atomic E-state index is 0.337. The molecule has 0 aliphatic carbocycles. The number of aromatic amines is 1. The van der Waals surface area contributed by atoms with Crippen LogP contribution in [-0.2, 0) is 0 Å². The summed E-state index contributed by atoms with van der Waals surface area (Å²) in [5, 5.41) is 11.1. The lowest BCUT2D eigenvalue weighted by atomic mass is 9.98. The van der Waals surface area contributed by atoms with Crippen molar-refractivity contribution >= 4 is 33.4 Å². The number of fused-ring (bicyclic) bond motifs is 1. The summed E-state index contributed by atoms with van der Waals surface area (Å²) in [6, 6.07) is 5.57. The number of rotatable bonds is 5. The molecule has 4 aromatic rings. The Bertz CT molecular complexity index is 1170. The number of hydrogen-bond acceptors (Lipinski definition) is 8. The van der Waals surface area contributed by atoms with Gasteiger partial charge in [-0.05, 0) is 30.4 Å². The Morgan fingerprint density at radius 3 is 2.71 bits per heavy atom. The molecule has 0 spiro atoms. The van der Waals surface area contributed by atoms with Gasteiger partial charge in [0.1, 0.15) is 5.75 Å². The number of benzene rings is 1. The largest absolute Gasteiger partial charge is 0.496 e. The second-order valence-corrected chi connectivity index (χ2v) is 6.81. The third kappa shape index (κ3) is 3.25. The maximum absolute atomic E-state index is 12.9. The van der Waals surface area contributed by atoms with Gasteiger partial charge in [0.2, 0.25) is 5.13 Å². The molecule has 3 heterocycles. The molecular formula is C18H16N6O3S. The van der Waals surface area contributed by atoms with Crippen LogP contribution in [0.5, 0.6) is 10.9 Å². The lowest BCUT2D eigenvalue weighted by molar-refractivity contribution is 0.102. The molecule has 0 bridgehead atoms. The lowest BCUT2D eigenvalue weighted by Gasteiger charge is -2.13. The highest BCUT2D eigenvalue weighted by molar-refractivity contribution is 7.17. The van der Waals surface area contributed by atoms with Crippen LogP contribution in [0.25, 0.3) is 22.2 Å². The highest BCUT2D eigenvalue weighted by Crippen LogP contribution is 2.35. The first-order valence-corrected chi connectivity index (χ1v) is 9.07. The van der Waals surface area contributed by atoms with E-state index >= 15 is 0 Å². The minimum Gasteiger partial charge on any atom is -0.496 e. The fourth-order valence-corrected chi connectivity index (χ4v) is 3.37. The van der Waals surface area contributed by atoms with E-state index in [1.807, 2.05) is 25.1 Å². The smallest absolute Gasteiger partial charge is 0.295 e. The van der Waals surface area contributed by atoms with Crippen LogP contribution in [-0.4, -0.2) is 45.3 Å². The molecule has 1 aromatic carbocycles. The van der Waals surface area contributed by atoms with Crippen LogP contribution in [0.15, 0.2) is 30.7 Å². The predicted molar refractivity (Wildman–Crippen MR) is 105 cm³/mol. The first-order valence-electron chi connectivity index (χ1n) is 8.26. The summed E-state index contributed by atoms with van der Waals surface area (Å²) >= 11 is 1.14. The zero-order valence-corrected chi connectivity index (χ0v) is 16.1. The Hall–Kier alpha value is -3.53. The third-order valence-corrected chi connectivity index (χ3v) is 4.92. The second kappa shape index (κ2) is 7.24. The summed E-state index contributed by atoms with van der Waals surface area (Å²) < 4.78 is 10.6. The molecule has 2 N–H and O–H groups in total. The molecule has 0 atom stereocenters. The molecule has 0 saturated carbocycles. The quantitative estimate of drug-likeness (QED) is 0.533. The van der Waals surface area contributed by atoms with Gasteiger partial charge in [-0.15, -0.1) is 5.10 Å². The Balaban J connectivity index is 1.79. The summed E-state index contributed by atoms with van der Waals surface area (Å²) in [7, 11) is 3.07. The van der Waals surface area contributed by atoms with Gasteiger partial charge in [0.25, 0.3) is 11.1 Å². The van der Waals surface area contributed by atoms with E-state index < -0.39 is 0 Å². The van der Waals surface area contributed by atoms with Crippen LogP contribution >= 0.6 is 11.3 Å². The van der Waals surface area contributed by atoms with Crippen LogP contribution in [0.3, 0.4) is 0 Å². The van der Waals surface area contributed by atoms with Gasteiger partial charge in [0, 0.05) is 29.1 Å². The molecule has 28 heavy (non-hydrogen) atoms. The van der Waals surface area contributed by atoms with Crippen molar-refractivity contribution in [2.45, 2.75) is 6.92 Å². The van der Waals surface area contributed by atoms with E-state index in [9.17, 15) is 4.79 Å². The van der Waals surface area contributed by atoms with Gasteiger partial charge in [-0.25, -0.2) is 4.98 Å². The summed E-state index contributed by atoms with van der Waals surface area (Å²) in [5.74, 6) is 0.255. The third-order valence-electron chi connectivity index (χ3n) is 4.12. The molecule has 3 aromatic heterocycles. The minimum atomic E-state index is -0.354. The summed E-state index contributed by atoms with van der Waals surface area (Å²) in [4.78, 5) is 24.5. The summed E-state index contributed by atoms with van der Waals surface area (Å²) in [5.41, 5.74) is 4.22.